The van der Waals surface area contributed by atoms with Crippen LogP contribution in [0.3, 0.4) is 0 Å². The minimum absolute atomic E-state index is 0.0186. The van der Waals surface area contributed by atoms with Gasteiger partial charge in [-0.15, -0.1) is 0 Å². The Labute approximate surface area is 452 Å². The molecule has 4 aromatic carbocycles. The van der Waals surface area contributed by atoms with Gasteiger partial charge >= 0.3 is 11.9 Å². The fraction of sp³-hybridized carbons (Fsp3) is 0.524. The van der Waals surface area contributed by atoms with E-state index in [1.54, 1.807) is 32.9 Å². The van der Waals surface area contributed by atoms with Crippen LogP contribution in [0.1, 0.15) is 121 Å². The van der Waals surface area contributed by atoms with Gasteiger partial charge in [0.2, 0.25) is 17.6 Å². The third kappa shape index (κ3) is 10.1. The fourth-order valence-corrected chi connectivity index (χ4v) is 14.0. The second-order valence-electron chi connectivity index (χ2n) is 24.7. The van der Waals surface area contributed by atoms with Gasteiger partial charge in [0, 0.05) is 37.4 Å². The van der Waals surface area contributed by atoms with Gasteiger partial charge < -0.3 is 39.0 Å². The Morgan fingerprint density at radius 2 is 1.52 bits per heavy atom. The predicted octanol–water partition coefficient (Wildman–Crippen LogP) is 8.62. The van der Waals surface area contributed by atoms with Crippen molar-refractivity contribution in [3.63, 3.8) is 0 Å². The molecule has 4 heterocycles. The number of fused-ring (bicyclic) bond motifs is 6. The first-order chi connectivity index (χ1) is 36.8. The normalized spacial score (nSPS) is 31.8. The van der Waals surface area contributed by atoms with Crippen LogP contribution in [0.2, 0.25) is 0 Å². The summed E-state index contributed by atoms with van der Waals surface area (Å²) in [5.41, 5.74) is 3.52. The first kappa shape index (κ1) is 53.3. The molecule has 4 saturated heterocycles. The molecule has 12 atom stereocenters. The van der Waals surface area contributed by atoms with Crippen LogP contribution < -0.4 is 5.32 Å². The number of hydrogen-bond donors (Lipinski definition) is 2. The summed E-state index contributed by atoms with van der Waals surface area (Å²) in [6.07, 6.45) is 4.41. The number of epoxide rings is 1. The van der Waals surface area contributed by atoms with Crippen molar-refractivity contribution >= 4 is 29.8 Å². The number of nitrogens with zero attached hydrogens (tertiary/aromatic N) is 2. The van der Waals surface area contributed by atoms with Gasteiger partial charge in [-0.05, 0) is 100 Å². The van der Waals surface area contributed by atoms with Crippen LogP contribution in [0.25, 0.3) is 6.08 Å². The molecule has 4 aliphatic heterocycles. The van der Waals surface area contributed by atoms with Crippen LogP contribution in [-0.4, -0.2) is 112 Å². The highest BCUT2D eigenvalue weighted by Crippen LogP contribution is 2.61. The Balaban J connectivity index is 0.948. The highest BCUT2D eigenvalue weighted by atomic mass is 16.8. The summed E-state index contributed by atoms with van der Waals surface area (Å²) in [5.74, 6) is -2.49. The van der Waals surface area contributed by atoms with Gasteiger partial charge in [0.05, 0.1) is 30.9 Å². The molecule has 408 valence electrons. The molecule has 0 radical (unpaired) electrons. The predicted molar refractivity (Wildman–Crippen MR) is 287 cm³/mol. The number of aliphatic hydroxyl groups excluding tert-OH is 1. The number of esters is 2. The van der Waals surface area contributed by atoms with E-state index in [-0.39, 0.29) is 49.3 Å². The topological polar surface area (TPSA) is 166 Å². The average Bonchev–Trinajstić information content (AvgIpc) is 3.95. The smallest absolute Gasteiger partial charge is 0.327 e. The Bertz CT molecular complexity index is 2830. The van der Waals surface area contributed by atoms with E-state index in [0.717, 1.165) is 59.9 Å². The monoisotopic (exact) mass is 1050 g/mol. The Morgan fingerprint density at radius 3 is 2.18 bits per heavy atom. The van der Waals surface area contributed by atoms with Gasteiger partial charge in [-0.1, -0.05) is 141 Å². The zero-order valence-corrected chi connectivity index (χ0v) is 45.5. The maximum Gasteiger partial charge on any atom is 0.327 e. The molecule has 2 amide bonds. The van der Waals surface area contributed by atoms with Gasteiger partial charge in [-0.25, -0.2) is 0 Å². The number of carbonyl (C=O) groups excluding carboxylic acids is 4. The molecule has 14 heteroatoms. The van der Waals surface area contributed by atoms with E-state index in [2.05, 4.69) is 44.3 Å². The van der Waals surface area contributed by atoms with Gasteiger partial charge in [-0.3, -0.25) is 24.0 Å². The van der Waals surface area contributed by atoms with Crippen LogP contribution in [-0.2, 0) is 66.5 Å². The summed E-state index contributed by atoms with van der Waals surface area (Å²) >= 11 is 0. The molecule has 3 aliphatic carbocycles. The lowest BCUT2D eigenvalue weighted by Gasteiger charge is -2.53. The molecule has 4 aromatic rings. The Morgan fingerprint density at radius 1 is 0.857 bits per heavy atom. The van der Waals surface area contributed by atoms with Gasteiger partial charge in [0.15, 0.2) is 6.04 Å². The number of amides is 2. The molecule has 14 nitrogen and oxygen atoms in total. The van der Waals surface area contributed by atoms with Crippen LogP contribution >= 0.6 is 0 Å². The third-order valence-electron chi connectivity index (χ3n) is 17.9. The van der Waals surface area contributed by atoms with E-state index in [1.807, 2.05) is 103 Å². The Hall–Kier alpha value is -5.74. The van der Waals surface area contributed by atoms with Crippen LogP contribution in [0.5, 0.6) is 0 Å². The van der Waals surface area contributed by atoms with E-state index in [9.17, 15) is 14.7 Å². The van der Waals surface area contributed by atoms with Gasteiger partial charge in [-0.2, -0.15) is 5.06 Å². The lowest BCUT2D eigenvalue weighted by molar-refractivity contribution is -0.214. The summed E-state index contributed by atoms with van der Waals surface area (Å²) in [6.45, 7) is 12.1. The number of rotatable bonds is 15. The molecule has 3 saturated carbocycles. The quantitative estimate of drug-likeness (QED) is 0.0862. The number of nitrogens with one attached hydrogen (secondary N) is 1. The molecule has 0 spiro atoms. The van der Waals surface area contributed by atoms with E-state index in [1.165, 1.54) is 10.5 Å². The molecular formula is C63H75N3O11. The third-order valence-corrected chi connectivity index (χ3v) is 17.9. The molecule has 0 aromatic heterocycles. The molecule has 7 fully saturated rings. The van der Waals surface area contributed by atoms with E-state index in [4.69, 9.17) is 28.5 Å². The SMILES string of the molecule is CN(C(=O)C12CC3OC(=O)C1N(Cc1cccc(C=C4CCC5OC5(C)CCC5C4CC5(C)C)c1)OC2C1OC(c2ccccc2)(c2ccccc2)OC31)C(Cc1ccccc1)C(=O)NC(CO)CCC(=O)OC(C)(C)C. The summed E-state index contributed by atoms with van der Waals surface area (Å²) in [5, 5.41) is 15.1. The first-order valence-electron chi connectivity index (χ1n) is 27.8. The van der Waals surface area contributed by atoms with Crippen LogP contribution in [0, 0.1) is 22.7 Å². The number of allylic oxidation sites excluding steroid dienone is 1. The zero-order valence-electron chi connectivity index (χ0n) is 45.5. The molecule has 2 N–H and O–H groups in total. The zero-order chi connectivity index (χ0) is 54.1. The first-order valence-corrected chi connectivity index (χ1v) is 27.8. The average molecular weight is 1050 g/mol. The second-order valence-corrected chi connectivity index (χ2v) is 24.7. The van der Waals surface area contributed by atoms with Crippen molar-refractivity contribution in [1.29, 1.82) is 0 Å². The molecule has 2 bridgehead atoms. The lowest BCUT2D eigenvalue weighted by atomic mass is 9.52. The highest BCUT2D eigenvalue weighted by Gasteiger charge is 2.77. The van der Waals surface area contributed by atoms with Crippen LogP contribution in [0.4, 0.5) is 0 Å². The lowest BCUT2D eigenvalue weighted by Crippen LogP contribution is -2.70. The van der Waals surface area contributed by atoms with Crippen molar-refractivity contribution < 1.29 is 52.8 Å². The van der Waals surface area contributed by atoms with E-state index in [0.29, 0.717) is 11.8 Å². The summed E-state index contributed by atoms with van der Waals surface area (Å²) < 4.78 is 32.7. The van der Waals surface area contributed by atoms with Crippen molar-refractivity contribution in [2.24, 2.45) is 22.7 Å². The molecule has 7 aliphatic rings. The highest BCUT2D eigenvalue weighted by molar-refractivity contribution is 5.96. The molecule has 77 heavy (non-hydrogen) atoms. The second kappa shape index (κ2) is 20.5. The van der Waals surface area contributed by atoms with E-state index >= 15 is 9.59 Å². The number of ether oxygens (including phenoxy) is 5. The summed E-state index contributed by atoms with van der Waals surface area (Å²) in [6, 6.07) is 33.8. The molecule has 12 unspecified atom stereocenters. The summed E-state index contributed by atoms with van der Waals surface area (Å²) in [7, 11) is 1.59. The Kier molecular flexibility index (Phi) is 14.2. The number of benzene rings is 4. The van der Waals surface area contributed by atoms with Crippen molar-refractivity contribution in [2.45, 2.75) is 172 Å². The number of carbonyl (C=O) groups is 4. The molecular weight excluding hydrogens is 975 g/mol. The maximum absolute atomic E-state index is 16.3. The number of hydrogen-bond acceptors (Lipinski definition) is 12. The maximum atomic E-state index is 16.3. The summed E-state index contributed by atoms with van der Waals surface area (Å²) in [4.78, 5) is 67.6. The van der Waals surface area contributed by atoms with Crippen LogP contribution in [0.15, 0.2) is 121 Å². The standard InChI is InChI=1S/C63H75N3O11/c1-59(2,3)74-51(68)29-27-45(38-67)64-56(69)48(34-39-18-11-8-12-19-39)65(7)58(71)62-36-49-52-53(76-63(75-52,43-22-13-9-14-23-43)44-24-15-10-16-25-44)55(62)77-66(54(62)57(70)72-49)37-41-21-17-20-40(32-41)33-42-26-28-50-61(6,73-50)31-30-47-46(42)35-60(47,4)5/h8-25,32-33,45-50,52-55,67H,26-31,34-38H2,1-7H3,(H,64,69). The fourth-order valence-electron chi connectivity index (χ4n) is 14.0. The van der Waals surface area contributed by atoms with Crippen molar-refractivity contribution in [2.75, 3.05) is 13.7 Å². The molecule has 11 rings (SSSR count). The largest absolute Gasteiger partial charge is 0.460 e. The van der Waals surface area contributed by atoms with Crippen molar-refractivity contribution in [3.8, 4) is 0 Å². The van der Waals surface area contributed by atoms with Gasteiger partial charge in [0.1, 0.15) is 41.5 Å². The van der Waals surface area contributed by atoms with E-state index < -0.39 is 89.7 Å². The van der Waals surface area contributed by atoms with Crippen molar-refractivity contribution in [3.05, 3.63) is 149 Å². The minimum atomic E-state index is -1.63. The number of likely N-dealkylation sites (N-methyl/N-ethyl adjacent to an activating group) is 1. The number of aliphatic hydroxyl groups is 1. The van der Waals surface area contributed by atoms with Crippen molar-refractivity contribution in [1.82, 2.24) is 15.3 Å². The minimum Gasteiger partial charge on any atom is -0.460 e. The van der Waals surface area contributed by atoms with Gasteiger partial charge in [0.25, 0.3) is 0 Å². The number of hydroxylamine groups is 2.